The normalized spacial score (nSPS) is 10.5. The van der Waals surface area contributed by atoms with Gasteiger partial charge in [-0.1, -0.05) is 29.8 Å². The molecule has 0 radical (unpaired) electrons. The van der Waals surface area contributed by atoms with Gasteiger partial charge in [0.05, 0.1) is 0 Å². The summed E-state index contributed by atoms with van der Waals surface area (Å²) in [5.74, 6) is -0.0638. The first-order valence-electron chi connectivity index (χ1n) is 8.39. The van der Waals surface area contributed by atoms with E-state index in [0.29, 0.717) is 29.5 Å². The molecule has 0 fully saturated rings. The summed E-state index contributed by atoms with van der Waals surface area (Å²) in [5, 5.41) is 6.48. The van der Waals surface area contributed by atoms with Crippen LogP contribution in [-0.4, -0.2) is 22.4 Å². The summed E-state index contributed by atoms with van der Waals surface area (Å²) in [6.45, 7) is 2.49. The predicted molar refractivity (Wildman–Crippen MR) is 105 cm³/mol. The third-order valence-electron chi connectivity index (χ3n) is 3.96. The van der Waals surface area contributed by atoms with Crippen molar-refractivity contribution in [3.05, 3.63) is 82.5 Å². The summed E-state index contributed by atoms with van der Waals surface area (Å²) in [7, 11) is 0. The minimum atomic E-state index is -0.348. The van der Waals surface area contributed by atoms with E-state index in [4.69, 9.17) is 11.6 Å². The van der Waals surface area contributed by atoms with Crippen LogP contribution in [0.25, 0.3) is 0 Å². The molecular formula is C20H18ClFN4O. The summed E-state index contributed by atoms with van der Waals surface area (Å²) in [6.07, 6.45) is 2.03. The topological polar surface area (TPSA) is 66.9 Å². The molecule has 3 rings (SSSR count). The van der Waals surface area contributed by atoms with Crippen molar-refractivity contribution < 1.29 is 9.18 Å². The number of aryl methyl sites for hydroxylation is 1. The van der Waals surface area contributed by atoms with Gasteiger partial charge in [0.2, 0.25) is 0 Å². The van der Waals surface area contributed by atoms with Crippen LogP contribution in [0.15, 0.2) is 54.9 Å². The van der Waals surface area contributed by atoms with E-state index in [1.807, 2.05) is 13.0 Å². The lowest BCUT2D eigenvalue weighted by Crippen LogP contribution is -2.15. The van der Waals surface area contributed by atoms with Crippen LogP contribution in [0.5, 0.6) is 0 Å². The number of carbonyl (C=O) groups excluding carboxylic acids is 1. The Kier molecular flexibility index (Phi) is 5.98. The summed E-state index contributed by atoms with van der Waals surface area (Å²) >= 11 is 6.08. The number of carbonyl (C=O) groups is 1. The summed E-state index contributed by atoms with van der Waals surface area (Å²) in [4.78, 5) is 20.5. The van der Waals surface area contributed by atoms with Crippen LogP contribution in [-0.2, 0) is 6.42 Å². The first-order chi connectivity index (χ1) is 13.0. The number of aromatic nitrogens is 2. The zero-order chi connectivity index (χ0) is 19.2. The lowest BCUT2D eigenvalue weighted by Gasteiger charge is -2.09. The molecular weight excluding hydrogens is 367 g/mol. The molecule has 0 aliphatic heterocycles. The second-order valence-corrected chi connectivity index (χ2v) is 6.42. The number of benzene rings is 2. The quantitative estimate of drug-likeness (QED) is 0.657. The van der Waals surface area contributed by atoms with E-state index >= 15 is 0 Å². The summed E-state index contributed by atoms with van der Waals surface area (Å²) in [5.41, 5.74) is 2.78. The van der Waals surface area contributed by atoms with Gasteiger partial charge in [0, 0.05) is 23.3 Å². The zero-order valence-electron chi connectivity index (χ0n) is 14.7. The smallest absolute Gasteiger partial charge is 0.274 e. The first kappa shape index (κ1) is 18.8. The monoisotopic (exact) mass is 384 g/mol. The molecule has 0 spiro atoms. The van der Waals surface area contributed by atoms with Gasteiger partial charge in [-0.3, -0.25) is 4.79 Å². The second kappa shape index (κ2) is 8.60. The van der Waals surface area contributed by atoms with Crippen LogP contribution in [0.1, 0.15) is 21.6 Å². The molecule has 1 amide bonds. The van der Waals surface area contributed by atoms with E-state index in [1.54, 1.807) is 30.3 Å². The number of nitrogens with zero attached hydrogens (tertiary/aromatic N) is 2. The molecule has 0 saturated heterocycles. The molecule has 3 aromatic rings. The number of hydrogen-bond donors (Lipinski definition) is 2. The third-order valence-corrected chi connectivity index (χ3v) is 4.37. The van der Waals surface area contributed by atoms with E-state index in [-0.39, 0.29) is 17.4 Å². The number of rotatable bonds is 6. The van der Waals surface area contributed by atoms with Gasteiger partial charge in [-0.05, 0) is 48.7 Å². The SMILES string of the molecule is Cc1ccc(NC(=O)c2cc(NCCc3ccc(F)cc3)ncn2)cc1Cl. The fourth-order valence-corrected chi connectivity index (χ4v) is 2.61. The van der Waals surface area contributed by atoms with Crippen LogP contribution in [0.2, 0.25) is 5.02 Å². The molecule has 0 unspecified atom stereocenters. The Bertz CT molecular complexity index is 947. The van der Waals surface area contributed by atoms with Crippen LogP contribution < -0.4 is 10.6 Å². The number of anilines is 2. The van der Waals surface area contributed by atoms with Crippen molar-refractivity contribution in [2.75, 3.05) is 17.2 Å². The number of hydrogen-bond acceptors (Lipinski definition) is 4. The Balaban J connectivity index is 1.59. The van der Waals surface area contributed by atoms with Crippen molar-refractivity contribution in [2.45, 2.75) is 13.3 Å². The van der Waals surface area contributed by atoms with Crippen molar-refractivity contribution in [1.29, 1.82) is 0 Å². The molecule has 0 bridgehead atoms. The van der Waals surface area contributed by atoms with E-state index in [2.05, 4.69) is 20.6 Å². The Morgan fingerprint density at radius 1 is 1.11 bits per heavy atom. The molecule has 27 heavy (non-hydrogen) atoms. The fraction of sp³-hybridized carbons (Fsp3) is 0.150. The van der Waals surface area contributed by atoms with Gasteiger partial charge in [-0.25, -0.2) is 14.4 Å². The number of nitrogens with one attached hydrogen (secondary N) is 2. The Labute approximate surface area is 161 Å². The number of halogens is 2. The standard InChI is InChI=1S/C20H18ClFN4O/c1-13-2-7-16(10-17(13)21)26-20(27)18-11-19(25-12-24-18)23-9-8-14-3-5-15(22)6-4-14/h2-7,10-12H,8-9H2,1H3,(H,26,27)(H,23,24,25). The van der Waals surface area contributed by atoms with E-state index < -0.39 is 0 Å². The summed E-state index contributed by atoms with van der Waals surface area (Å²) < 4.78 is 12.9. The molecule has 0 atom stereocenters. The maximum Gasteiger partial charge on any atom is 0.274 e. The highest BCUT2D eigenvalue weighted by Gasteiger charge is 2.10. The van der Waals surface area contributed by atoms with Crippen molar-refractivity contribution in [1.82, 2.24) is 9.97 Å². The molecule has 0 saturated carbocycles. The highest BCUT2D eigenvalue weighted by Crippen LogP contribution is 2.20. The second-order valence-electron chi connectivity index (χ2n) is 6.01. The average molecular weight is 385 g/mol. The maximum atomic E-state index is 12.9. The maximum absolute atomic E-state index is 12.9. The van der Waals surface area contributed by atoms with Crippen LogP contribution >= 0.6 is 11.6 Å². The Morgan fingerprint density at radius 3 is 2.63 bits per heavy atom. The van der Waals surface area contributed by atoms with Crippen LogP contribution in [0.3, 0.4) is 0 Å². The largest absolute Gasteiger partial charge is 0.370 e. The lowest BCUT2D eigenvalue weighted by molar-refractivity contribution is 0.102. The van der Waals surface area contributed by atoms with Gasteiger partial charge < -0.3 is 10.6 Å². The van der Waals surface area contributed by atoms with E-state index in [9.17, 15) is 9.18 Å². The van der Waals surface area contributed by atoms with Crippen LogP contribution in [0, 0.1) is 12.7 Å². The molecule has 2 aromatic carbocycles. The third kappa shape index (κ3) is 5.24. The van der Waals surface area contributed by atoms with Crippen molar-refractivity contribution in [3.8, 4) is 0 Å². The fourth-order valence-electron chi connectivity index (χ4n) is 2.43. The minimum Gasteiger partial charge on any atom is -0.370 e. The van der Waals surface area contributed by atoms with Crippen molar-refractivity contribution >= 4 is 29.0 Å². The Hall–Kier alpha value is -2.99. The van der Waals surface area contributed by atoms with E-state index in [0.717, 1.165) is 11.1 Å². The predicted octanol–water partition coefficient (Wildman–Crippen LogP) is 4.48. The molecule has 1 heterocycles. The molecule has 0 aliphatic rings. The van der Waals surface area contributed by atoms with Gasteiger partial charge in [0.1, 0.15) is 23.7 Å². The minimum absolute atomic E-state index is 0.242. The van der Waals surface area contributed by atoms with Crippen LogP contribution in [0.4, 0.5) is 15.9 Å². The van der Waals surface area contributed by atoms with Crippen molar-refractivity contribution in [2.24, 2.45) is 0 Å². The van der Waals surface area contributed by atoms with E-state index in [1.165, 1.54) is 18.5 Å². The molecule has 5 nitrogen and oxygen atoms in total. The molecule has 138 valence electrons. The summed E-state index contributed by atoms with van der Waals surface area (Å²) in [6, 6.07) is 13.2. The zero-order valence-corrected chi connectivity index (χ0v) is 15.4. The van der Waals surface area contributed by atoms with Gasteiger partial charge in [0.25, 0.3) is 5.91 Å². The lowest BCUT2D eigenvalue weighted by atomic mass is 10.1. The number of amides is 1. The molecule has 1 aromatic heterocycles. The Morgan fingerprint density at radius 2 is 1.89 bits per heavy atom. The van der Waals surface area contributed by atoms with Gasteiger partial charge >= 0.3 is 0 Å². The highest BCUT2D eigenvalue weighted by molar-refractivity contribution is 6.31. The van der Waals surface area contributed by atoms with Gasteiger partial charge in [-0.15, -0.1) is 0 Å². The van der Waals surface area contributed by atoms with Crippen molar-refractivity contribution in [3.63, 3.8) is 0 Å². The van der Waals surface area contributed by atoms with Gasteiger partial charge in [0.15, 0.2) is 0 Å². The van der Waals surface area contributed by atoms with Gasteiger partial charge in [-0.2, -0.15) is 0 Å². The average Bonchev–Trinajstić information content (AvgIpc) is 2.66. The first-order valence-corrected chi connectivity index (χ1v) is 8.77. The highest BCUT2D eigenvalue weighted by atomic mass is 35.5. The molecule has 0 aliphatic carbocycles. The molecule has 7 heteroatoms. The molecule has 2 N–H and O–H groups in total.